The number of hydrogen-bond donors (Lipinski definition) is 2. The molecule has 2 N–H and O–H groups in total. The molecule has 0 radical (unpaired) electrons. The first-order chi connectivity index (χ1) is 10.5. The van der Waals surface area contributed by atoms with Crippen molar-refractivity contribution in [3.8, 4) is 5.75 Å². The Bertz CT molecular complexity index is 651. The number of rotatable bonds is 5. The fourth-order valence-corrected chi connectivity index (χ4v) is 2.13. The van der Waals surface area contributed by atoms with Gasteiger partial charge in [-0.2, -0.15) is 0 Å². The Morgan fingerprint density at radius 3 is 2.41 bits per heavy atom. The van der Waals surface area contributed by atoms with Gasteiger partial charge in [-0.25, -0.2) is 0 Å². The highest BCUT2D eigenvalue weighted by molar-refractivity contribution is 5.96. The zero-order chi connectivity index (χ0) is 16.1. The second kappa shape index (κ2) is 6.98. The Balaban J connectivity index is 2.01. The van der Waals surface area contributed by atoms with Crippen LogP contribution in [0.4, 0.5) is 11.4 Å². The van der Waals surface area contributed by atoms with Crippen LogP contribution in [-0.2, 0) is 4.79 Å². The third kappa shape index (κ3) is 3.79. The lowest BCUT2D eigenvalue weighted by Crippen LogP contribution is -2.32. The van der Waals surface area contributed by atoms with Crippen LogP contribution in [0.3, 0.4) is 0 Å². The van der Waals surface area contributed by atoms with Gasteiger partial charge in [0.05, 0.1) is 7.11 Å². The second-order valence-electron chi connectivity index (χ2n) is 5.33. The summed E-state index contributed by atoms with van der Waals surface area (Å²) in [5.74, 6) is 0.686. The Kier molecular flexibility index (Phi) is 5.04. The van der Waals surface area contributed by atoms with Crippen molar-refractivity contribution in [3.63, 3.8) is 0 Å². The van der Waals surface area contributed by atoms with E-state index in [0.717, 1.165) is 22.7 Å². The van der Waals surface area contributed by atoms with E-state index >= 15 is 0 Å². The van der Waals surface area contributed by atoms with Crippen LogP contribution < -0.4 is 15.4 Å². The highest BCUT2D eigenvalue weighted by Gasteiger charge is 2.14. The van der Waals surface area contributed by atoms with E-state index in [1.165, 1.54) is 5.56 Å². The molecule has 0 aliphatic heterocycles. The van der Waals surface area contributed by atoms with Crippen molar-refractivity contribution in [1.82, 2.24) is 0 Å². The maximum Gasteiger partial charge on any atom is 0.246 e. The topological polar surface area (TPSA) is 50.4 Å². The molecule has 4 heteroatoms. The van der Waals surface area contributed by atoms with Crippen molar-refractivity contribution >= 4 is 17.3 Å². The first kappa shape index (κ1) is 15.9. The van der Waals surface area contributed by atoms with E-state index in [2.05, 4.69) is 23.6 Å². The molecule has 0 aliphatic carbocycles. The number of carbonyl (C=O) groups is 1. The van der Waals surface area contributed by atoms with Crippen LogP contribution in [-0.4, -0.2) is 19.1 Å². The van der Waals surface area contributed by atoms with E-state index < -0.39 is 0 Å². The van der Waals surface area contributed by atoms with Crippen molar-refractivity contribution < 1.29 is 9.53 Å². The van der Waals surface area contributed by atoms with Gasteiger partial charge in [0.15, 0.2) is 0 Å². The molecule has 0 aliphatic rings. The van der Waals surface area contributed by atoms with Crippen molar-refractivity contribution in [3.05, 3.63) is 53.6 Å². The second-order valence-corrected chi connectivity index (χ2v) is 5.33. The highest BCUT2D eigenvalue weighted by atomic mass is 16.5. The van der Waals surface area contributed by atoms with Gasteiger partial charge < -0.3 is 15.4 Å². The number of amides is 1. The van der Waals surface area contributed by atoms with Gasteiger partial charge in [-0.1, -0.05) is 12.1 Å². The number of carbonyl (C=O) groups excluding carboxylic acids is 1. The van der Waals surface area contributed by atoms with Crippen molar-refractivity contribution in [2.24, 2.45) is 0 Å². The third-order valence-electron chi connectivity index (χ3n) is 3.73. The lowest BCUT2D eigenvalue weighted by atomic mass is 10.1. The smallest absolute Gasteiger partial charge is 0.246 e. The van der Waals surface area contributed by atoms with Gasteiger partial charge >= 0.3 is 0 Å². The quantitative estimate of drug-likeness (QED) is 0.884. The molecule has 1 amide bonds. The fraction of sp³-hybridized carbons (Fsp3) is 0.278. The van der Waals surface area contributed by atoms with Crippen LogP contribution in [0.25, 0.3) is 0 Å². The molecule has 22 heavy (non-hydrogen) atoms. The molecule has 0 heterocycles. The van der Waals surface area contributed by atoms with E-state index in [9.17, 15) is 4.79 Å². The molecule has 2 aromatic rings. The van der Waals surface area contributed by atoms with Crippen molar-refractivity contribution in [2.75, 3.05) is 17.7 Å². The normalized spacial score (nSPS) is 11.6. The largest absolute Gasteiger partial charge is 0.497 e. The number of anilines is 2. The maximum absolute atomic E-state index is 12.3. The summed E-state index contributed by atoms with van der Waals surface area (Å²) in [5.41, 5.74) is 4.09. The Hall–Kier alpha value is -2.49. The van der Waals surface area contributed by atoms with Crippen molar-refractivity contribution in [1.29, 1.82) is 0 Å². The van der Waals surface area contributed by atoms with Gasteiger partial charge in [0.2, 0.25) is 5.91 Å². The zero-order valence-corrected chi connectivity index (χ0v) is 13.4. The summed E-state index contributed by atoms with van der Waals surface area (Å²) in [5, 5.41) is 6.15. The first-order valence-corrected chi connectivity index (χ1v) is 7.29. The monoisotopic (exact) mass is 298 g/mol. The van der Waals surface area contributed by atoms with Crippen LogP contribution in [0.2, 0.25) is 0 Å². The zero-order valence-electron chi connectivity index (χ0n) is 13.4. The summed E-state index contributed by atoms with van der Waals surface area (Å²) >= 11 is 0. The molecule has 2 aromatic carbocycles. The summed E-state index contributed by atoms with van der Waals surface area (Å²) in [6.07, 6.45) is 0. The molecular weight excluding hydrogens is 276 g/mol. The highest BCUT2D eigenvalue weighted by Crippen LogP contribution is 2.19. The van der Waals surface area contributed by atoms with Gasteiger partial charge in [0, 0.05) is 11.4 Å². The lowest BCUT2D eigenvalue weighted by Gasteiger charge is -2.18. The van der Waals surface area contributed by atoms with Crippen LogP contribution in [0, 0.1) is 13.8 Å². The minimum absolute atomic E-state index is 0.0777. The summed E-state index contributed by atoms with van der Waals surface area (Å²) in [6.45, 7) is 5.95. The average Bonchev–Trinajstić information content (AvgIpc) is 2.52. The van der Waals surface area contributed by atoms with E-state index in [4.69, 9.17) is 4.74 Å². The molecule has 0 fully saturated rings. The molecule has 1 atom stereocenters. The van der Waals surface area contributed by atoms with Gasteiger partial charge in [0.1, 0.15) is 11.8 Å². The predicted molar refractivity (Wildman–Crippen MR) is 90.6 cm³/mol. The number of aryl methyl sites for hydroxylation is 1. The molecule has 116 valence electrons. The van der Waals surface area contributed by atoms with Gasteiger partial charge in [-0.05, 0) is 62.2 Å². The van der Waals surface area contributed by atoms with Crippen LogP contribution >= 0.6 is 0 Å². The molecule has 0 bridgehead atoms. The van der Waals surface area contributed by atoms with Crippen LogP contribution in [0.15, 0.2) is 42.5 Å². The van der Waals surface area contributed by atoms with E-state index in [0.29, 0.717) is 0 Å². The summed E-state index contributed by atoms with van der Waals surface area (Å²) in [7, 11) is 1.61. The Labute approximate surface area is 131 Å². The summed E-state index contributed by atoms with van der Waals surface area (Å²) in [6, 6.07) is 13.0. The molecule has 2 rings (SSSR count). The maximum atomic E-state index is 12.3. The van der Waals surface area contributed by atoms with Crippen LogP contribution in [0.1, 0.15) is 18.1 Å². The Morgan fingerprint density at radius 1 is 1.09 bits per heavy atom. The Morgan fingerprint density at radius 2 is 1.77 bits per heavy atom. The molecule has 0 saturated heterocycles. The molecule has 0 spiro atoms. The minimum atomic E-state index is -0.331. The third-order valence-corrected chi connectivity index (χ3v) is 3.73. The fourth-order valence-electron chi connectivity index (χ4n) is 2.13. The molecule has 0 unspecified atom stereocenters. The van der Waals surface area contributed by atoms with Crippen LogP contribution in [0.5, 0.6) is 5.75 Å². The number of benzene rings is 2. The predicted octanol–water partition coefficient (Wildman–Crippen LogP) is 3.75. The molecule has 0 saturated carbocycles. The molecular formula is C18H22N2O2. The molecule has 0 aromatic heterocycles. The van der Waals surface area contributed by atoms with E-state index in [-0.39, 0.29) is 11.9 Å². The summed E-state index contributed by atoms with van der Waals surface area (Å²) in [4.78, 5) is 12.3. The van der Waals surface area contributed by atoms with Gasteiger partial charge in [-0.15, -0.1) is 0 Å². The lowest BCUT2D eigenvalue weighted by molar-refractivity contribution is -0.116. The number of ether oxygens (including phenoxy) is 1. The SMILES string of the molecule is COc1ccc(NC(=O)[C@@H](C)Nc2cccc(C)c2C)cc1. The number of methoxy groups -OCH3 is 1. The first-order valence-electron chi connectivity index (χ1n) is 7.29. The average molecular weight is 298 g/mol. The van der Waals surface area contributed by atoms with Gasteiger partial charge in [-0.3, -0.25) is 4.79 Å². The van der Waals surface area contributed by atoms with E-state index in [1.807, 2.05) is 50.2 Å². The summed E-state index contributed by atoms with van der Waals surface area (Å²) < 4.78 is 5.10. The van der Waals surface area contributed by atoms with E-state index in [1.54, 1.807) is 7.11 Å². The molecule has 4 nitrogen and oxygen atoms in total. The van der Waals surface area contributed by atoms with Crippen molar-refractivity contribution in [2.45, 2.75) is 26.8 Å². The standard InChI is InChI=1S/C18H22N2O2/c1-12-6-5-7-17(13(12)2)19-14(3)18(21)20-15-8-10-16(22-4)11-9-15/h5-11,14,19H,1-4H3,(H,20,21)/t14-/m1/s1. The van der Waals surface area contributed by atoms with Gasteiger partial charge in [0.25, 0.3) is 0 Å². The minimum Gasteiger partial charge on any atom is -0.497 e. The number of nitrogens with one attached hydrogen (secondary N) is 2. The number of hydrogen-bond acceptors (Lipinski definition) is 3.